The Morgan fingerprint density at radius 1 is 0.952 bits per heavy atom. The van der Waals surface area contributed by atoms with Crippen LogP contribution in [0.4, 0.5) is 30.2 Å². The van der Waals surface area contributed by atoms with Crippen molar-refractivity contribution in [1.29, 1.82) is 0 Å². The van der Waals surface area contributed by atoms with Crippen molar-refractivity contribution in [3.05, 3.63) is 53.6 Å². The van der Waals surface area contributed by atoms with Gasteiger partial charge in [0.15, 0.2) is 0 Å². The van der Waals surface area contributed by atoms with Crippen molar-refractivity contribution < 1.29 is 22.8 Å². The van der Waals surface area contributed by atoms with Crippen LogP contribution in [0.2, 0.25) is 0 Å². The van der Waals surface area contributed by atoms with Crippen LogP contribution in [-0.4, -0.2) is 74.7 Å². The van der Waals surface area contributed by atoms with Crippen LogP contribution in [0.15, 0.2) is 42.5 Å². The number of hydrogen-bond acceptors (Lipinski definition) is 6. The highest BCUT2D eigenvalue weighted by atomic mass is 19.4. The number of alkyl halides is 3. The number of amides is 1. The lowest BCUT2D eigenvalue weighted by Gasteiger charge is -2.33. The SMILES string of the molecule is CONc1ccc(NC2CCN(C(=O)CCN3CC4CN(c5ccc(C(C)(C)C)cc5)CC4C3)CC2)cc1C(F)(F)F. The molecule has 2 atom stereocenters. The Hall–Kier alpha value is -2.98. The second-order valence-corrected chi connectivity index (χ2v) is 13.1. The third-order valence-electron chi connectivity index (χ3n) is 9.06. The number of rotatable bonds is 8. The molecule has 0 bridgehead atoms. The summed E-state index contributed by atoms with van der Waals surface area (Å²) in [6, 6.07) is 13.1. The van der Waals surface area contributed by atoms with E-state index in [0.717, 1.165) is 38.8 Å². The Morgan fingerprint density at radius 3 is 2.17 bits per heavy atom. The van der Waals surface area contributed by atoms with Gasteiger partial charge in [0.2, 0.25) is 5.91 Å². The van der Waals surface area contributed by atoms with Gasteiger partial charge in [0.25, 0.3) is 0 Å². The summed E-state index contributed by atoms with van der Waals surface area (Å²) >= 11 is 0. The van der Waals surface area contributed by atoms with E-state index in [9.17, 15) is 18.0 Å². The standard InChI is InChI=1S/C32H44F3N5O2/c1-31(2,3)24-5-8-27(9-6-24)40-20-22-18-38(19-23(22)21-40)14-13-30(41)39-15-11-25(12-16-39)36-26-7-10-29(37-42-4)28(17-26)32(33,34)35/h5-10,17,22-23,25,36-37H,11-16,18-21H2,1-4H3. The number of nitrogens with zero attached hydrogens (tertiary/aromatic N) is 3. The lowest BCUT2D eigenvalue weighted by Crippen LogP contribution is -2.43. The molecular weight excluding hydrogens is 543 g/mol. The molecule has 3 fully saturated rings. The van der Waals surface area contributed by atoms with Crippen molar-refractivity contribution in [3.8, 4) is 0 Å². The predicted molar refractivity (Wildman–Crippen MR) is 161 cm³/mol. The van der Waals surface area contributed by atoms with Gasteiger partial charge in [-0.15, -0.1) is 0 Å². The molecule has 2 unspecified atom stereocenters. The van der Waals surface area contributed by atoms with E-state index in [1.54, 1.807) is 6.07 Å². The molecule has 3 aliphatic heterocycles. The molecule has 42 heavy (non-hydrogen) atoms. The van der Waals surface area contributed by atoms with Crippen LogP contribution in [0.5, 0.6) is 0 Å². The van der Waals surface area contributed by atoms with Crippen LogP contribution in [0.25, 0.3) is 0 Å². The summed E-state index contributed by atoms with van der Waals surface area (Å²) in [4.78, 5) is 24.5. The van der Waals surface area contributed by atoms with E-state index in [1.807, 2.05) is 4.90 Å². The number of carbonyl (C=O) groups is 1. The Bertz CT molecular complexity index is 1210. The van der Waals surface area contributed by atoms with Gasteiger partial charge in [-0.25, -0.2) is 0 Å². The summed E-state index contributed by atoms with van der Waals surface area (Å²) in [5, 5.41) is 3.23. The molecule has 0 aliphatic carbocycles. The van der Waals surface area contributed by atoms with Crippen molar-refractivity contribution >= 4 is 23.0 Å². The first-order chi connectivity index (χ1) is 19.9. The lowest BCUT2D eigenvalue weighted by atomic mass is 9.87. The second kappa shape index (κ2) is 12.3. The fourth-order valence-electron chi connectivity index (χ4n) is 6.64. The van der Waals surface area contributed by atoms with Gasteiger partial charge in [0, 0.05) is 69.7 Å². The second-order valence-electron chi connectivity index (χ2n) is 13.1. The molecular formula is C32H44F3N5O2. The topological polar surface area (TPSA) is 60.1 Å². The van der Waals surface area contributed by atoms with Crippen LogP contribution in [0, 0.1) is 11.8 Å². The zero-order valence-corrected chi connectivity index (χ0v) is 25.1. The minimum Gasteiger partial charge on any atom is -0.382 e. The third-order valence-corrected chi connectivity index (χ3v) is 9.06. The Kier molecular flexibility index (Phi) is 8.94. The normalized spacial score (nSPS) is 22.0. The molecule has 2 aromatic rings. The number of anilines is 3. The van der Waals surface area contributed by atoms with Gasteiger partial charge in [0.1, 0.15) is 0 Å². The van der Waals surface area contributed by atoms with Crippen LogP contribution in [-0.2, 0) is 21.2 Å². The third kappa shape index (κ3) is 7.14. The van der Waals surface area contributed by atoms with E-state index in [0.29, 0.717) is 49.9 Å². The van der Waals surface area contributed by atoms with Gasteiger partial charge in [-0.05, 0) is 66.0 Å². The van der Waals surface area contributed by atoms with Crippen molar-refractivity contribution in [3.63, 3.8) is 0 Å². The van der Waals surface area contributed by atoms with Gasteiger partial charge in [-0.1, -0.05) is 32.9 Å². The van der Waals surface area contributed by atoms with Crippen molar-refractivity contribution in [1.82, 2.24) is 9.80 Å². The largest absolute Gasteiger partial charge is 0.418 e. The number of halogens is 3. The van der Waals surface area contributed by atoms with E-state index < -0.39 is 11.7 Å². The fraction of sp³-hybridized carbons (Fsp3) is 0.594. The summed E-state index contributed by atoms with van der Waals surface area (Å²) in [5.74, 6) is 1.45. The molecule has 10 heteroatoms. The number of likely N-dealkylation sites (tertiary alicyclic amines) is 2. The molecule has 3 heterocycles. The van der Waals surface area contributed by atoms with Crippen LogP contribution >= 0.6 is 0 Å². The molecule has 0 aromatic heterocycles. The van der Waals surface area contributed by atoms with Gasteiger partial charge in [-0.2, -0.15) is 13.2 Å². The number of fused-ring (bicyclic) bond motifs is 1. The molecule has 230 valence electrons. The summed E-state index contributed by atoms with van der Waals surface area (Å²) in [7, 11) is 1.28. The minimum atomic E-state index is -4.50. The van der Waals surface area contributed by atoms with Gasteiger partial charge in [0.05, 0.1) is 18.4 Å². The lowest BCUT2D eigenvalue weighted by molar-refractivity contribution is -0.137. The Balaban J connectivity index is 1.04. The van der Waals surface area contributed by atoms with Crippen molar-refractivity contribution in [2.45, 2.75) is 57.7 Å². The highest BCUT2D eigenvalue weighted by Gasteiger charge is 2.40. The van der Waals surface area contributed by atoms with Gasteiger partial charge >= 0.3 is 6.18 Å². The highest BCUT2D eigenvalue weighted by molar-refractivity contribution is 5.76. The average Bonchev–Trinajstić information content (AvgIpc) is 3.51. The molecule has 5 rings (SSSR count). The van der Waals surface area contributed by atoms with E-state index >= 15 is 0 Å². The fourth-order valence-corrected chi connectivity index (χ4v) is 6.64. The van der Waals surface area contributed by atoms with Crippen LogP contribution in [0.1, 0.15) is 51.2 Å². The van der Waals surface area contributed by atoms with E-state index in [4.69, 9.17) is 0 Å². The zero-order valence-electron chi connectivity index (χ0n) is 25.1. The first kappa shape index (κ1) is 30.5. The van der Waals surface area contributed by atoms with E-state index in [1.165, 1.54) is 24.4 Å². The van der Waals surface area contributed by atoms with Gasteiger partial charge in [-0.3, -0.25) is 15.1 Å². The molecule has 3 saturated heterocycles. The quantitative estimate of drug-likeness (QED) is 0.379. The molecule has 2 N–H and O–H groups in total. The van der Waals surface area contributed by atoms with Crippen LogP contribution < -0.4 is 15.7 Å². The predicted octanol–water partition coefficient (Wildman–Crippen LogP) is 5.84. The molecule has 7 nitrogen and oxygen atoms in total. The molecule has 2 aromatic carbocycles. The summed E-state index contributed by atoms with van der Waals surface area (Å²) in [6.07, 6.45) is -2.59. The number of hydrogen-bond donors (Lipinski definition) is 2. The van der Waals surface area contributed by atoms with E-state index in [2.05, 4.69) is 70.5 Å². The van der Waals surface area contributed by atoms with Crippen molar-refractivity contribution in [2.75, 3.05) is 68.6 Å². The molecule has 0 saturated carbocycles. The number of nitrogens with one attached hydrogen (secondary N) is 2. The summed E-state index contributed by atoms with van der Waals surface area (Å²) in [6.45, 7) is 12.9. The number of piperidine rings is 1. The Labute approximate surface area is 247 Å². The van der Waals surface area contributed by atoms with Crippen molar-refractivity contribution in [2.24, 2.45) is 11.8 Å². The van der Waals surface area contributed by atoms with E-state index in [-0.39, 0.29) is 23.1 Å². The maximum Gasteiger partial charge on any atom is 0.418 e. The smallest absolute Gasteiger partial charge is 0.382 e. The van der Waals surface area contributed by atoms with Gasteiger partial charge < -0.3 is 20.0 Å². The molecule has 3 aliphatic rings. The molecule has 0 radical (unpaired) electrons. The summed E-state index contributed by atoms with van der Waals surface area (Å²) < 4.78 is 40.4. The Morgan fingerprint density at radius 2 is 1.60 bits per heavy atom. The monoisotopic (exact) mass is 587 g/mol. The average molecular weight is 588 g/mol. The molecule has 0 spiro atoms. The maximum atomic E-state index is 13.5. The molecule has 1 amide bonds. The van der Waals surface area contributed by atoms with Crippen LogP contribution in [0.3, 0.4) is 0 Å². The number of benzene rings is 2. The first-order valence-electron chi connectivity index (χ1n) is 15.0. The maximum absolute atomic E-state index is 13.5. The minimum absolute atomic E-state index is 0.0157. The first-order valence-corrected chi connectivity index (χ1v) is 15.0. The summed E-state index contributed by atoms with van der Waals surface area (Å²) in [5.41, 5.74) is 4.61. The zero-order chi connectivity index (χ0) is 30.1. The number of carbonyl (C=O) groups excluding carboxylic acids is 1. The highest BCUT2D eigenvalue weighted by Crippen LogP contribution is 2.37.